The number of nitrogens with one attached hydrogen (secondary N) is 1. The van der Waals surface area contributed by atoms with Crippen LogP contribution in [0.1, 0.15) is 25.5 Å². The molecule has 0 radical (unpaired) electrons. The first-order chi connectivity index (χ1) is 9.67. The third kappa shape index (κ3) is 3.04. The van der Waals surface area contributed by atoms with E-state index >= 15 is 0 Å². The number of rotatable bonds is 5. The van der Waals surface area contributed by atoms with Crippen LogP contribution in [0.4, 0.5) is 10.2 Å². The molecule has 2 rings (SSSR count). The average molecular weight is 282 g/mol. The van der Waals surface area contributed by atoms with Crippen LogP contribution in [-0.2, 0) is 11.2 Å². The van der Waals surface area contributed by atoms with E-state index < -0.39 is 11.9 Å². The molecule has 20 heavy (non-hydrogen) atoms. The molecule has 1 fully saturated rings. The maximum Gasteiger partial charge on any atom is 0.245 e. The van der Waals surface area contributed by atoms with Crippen LogP contribution in [0.3, 0.4) is 0 Å². The van der Waals surface area contributed by atoms with E-state index in [0.29, 0.717) is 31.6 Å². The number of aliphatic hydroxyl groups is 1. The zero-order chi connectivity index (χ0) is 14.5. The number of likely N-dealkylation sites (tertiary alicyclic amines) is 1. The van der Waals surface area contributed by atoms with Crippen molar-refractivity contribution in [3.63, 3.8) is 0 Å². The average Bonchev–Trinajstić information content (AvgIpc) is 2.45. The van der Waals surface area contributed by atoms with Gasteiger partial charge in [0.25, 0.3) is 0 Å². The minimum atomic E-state index is -0.498. The second-order valence-electron chi connectivity index (χ2n) is 4.72. The van der Waals surface area contributed by atoms with Crippen molar-refractivity contribution in [2.45, 2.75) is 32.2 Å². The third-order valence-electron chi connectivity index (χ3n) is 3.41. The van der Waals surface area contributed by atoms with E-state index in [0.717, 1.165) is 6.42 Å². The minimum Gasteiger partial charge on any atom is -0.395 e. The Kier molecular flexibility index (Phi) is 4.84. The van der Waals surface area contributed by atoms with E-state index in [4.69, 9.17) is 5.11 Å². The Labute approximate surface area is 117 Å². The number of aromatic nitrogens is 2. The van der Waals surface area contributed by atoms with E-state index in [-0.39, 0.29) is 18.3 Å². The smallest absolute Gasteiger partial charge is 0.245 e. The quantitative estimate of drug-likeness (QED) is 0.825. The molecule has 0 aliphatic carbocycles. The normalized spacial score (nSPS) is 19.2. The maximum atomic E-state index is 14.0. The minimum absolute atomic E-state index is 0.0691. The number of amides is 1. The summed E-state index contributed by atoms with van der Waals surface area (Å²) in [4.78, 5) is 21.5. The largest absolute Gasteiger partial charge is 0.395 e. The van der Waals surface area contributed by atoms with Gasteiger partial charge in [-0.25, -0.2) is 14.4 Å². The van der Waals surface area contributed by atoms with Crippen molar-refractivity contribution in [3.05, 3.63) is 17.8 Å². The molecule has 0 bridgehead atoms. The van der Waals surface area contributed by atoms with Gasteiger partial charge >= 0.3 is 0 Å². The highest BCUT2D eigenvalue weighted by Crippen LogP contribution is 2.19. The molecule has 1 atom stereocenters. The highest BCUT2D eigenvalue weighted by molar-refractivity contribution is 5.85. The van der Waals surface area contributed by atoms with E-state index in [1.54, 1.807) is 4.90 Å². The fraction of sp³-hybridized carbons (Fsp3) is 0.615. The van der Waals surface area contributed by atoms with Gasteiger partial charge in [-0.05, 0) is 19.3 Å². The summed E-state index contributed by atoms with van der Waals surface area (Å²) in [5.74, 6) is -0.551. The van der Waals surface area contributed by atoms with Gasteiger partial charge in [-0.3, -0.25) is 4.79 Å². The van der Waals surface area contributed by atoms with Gasteiger partial charge in [0, 0.05) is 13.1 Å². The van der Waals surface area contributed by atoms with Crippen molar-refractivity contribution in [1.29, 1.82) is 0 Å². The number of carbonyl (C=O) groups is 1. The predicted molar refractivity (Wildman–Crippen MR) is 71.7 cm³/mol. The molecule has 1 aliphatic heterocycles. The molecule has 6 nitrogen and oxygen atoms in total. The third-order valence-corrected chi connectivity index (χ3v) is 3.41. The van der Waals surface area contributed by atoms with Gasteiger partial charge in [0.2, 0.25) is 5.91 Å². The van der Waals surface area contributed by atoms with Gasteiger partial charge in [0.05, 0.1) is 12.3 Å². The number of piperidine rings is 1. The van der Waals surface area contributed by atoms with E-state index in [1.165, 1.54) is 6.33 Å². The lowest BCUT2D eigenvalue weighted by Crippen LogP contribution is -2.48. The first-order valence-electron chi connectivity index (χ1n) is 6.83. The van der Waals surface area contributed by atoms with Crippen molar-refractivity contribution >= 4 is 11.7 Å². The van der Waals surface area contributed by atoms with Crippen LogP contribution in [0.5, 0.6) is 0 Å². The number of carbonyl (C=O) groups excluding carboxylic acids is 1. The van der Waals surface area contributed by atoms with Crippen molar-refractivity contribution < 1.29 is 14.3 Å². The van der Waals surface area contributed by atoms with Gasteiger partial charge in [0.15, 0.2) is 11.6 Å². The SMILES string of the molecule is CCc1ncnc(NC2CCCN(CCO)C2=O)c1F. The summed E-state index contributed by atoms with van der Waals surface area (Å²) < 4.78 is 14.0. The van der Waals surface area contributed by atoms with E-state index in [9.17, 15) is 9.18 Å². The Morgan fingerprint density at radius 2 is 2.35 bits per heavy atom. The van der Waals surface area contributed by atoms with Crippen LogP contribution < -0.4 is 5.32 Å². The van der Waals surface area contributed by atoms with Crippen molar-refractivity contribution in [2.75, 3.05) is 25.0 Å². The van der Waals surface area contributed by atoms with E-state index in [1.807, 2.05) is 6.92 Å². The van der Waals surface area contributed by atoms with Crippen LogP contribution in [0.15, 0.2) is 6.33 Å². The van der Waals surface area contributed by atoms with Crippen LogP contribution >= 0.6 is 0 Å². The summed E-state index contributed by atoms with van der Waals surface area (Å²) >= 11 is 0. The second-order valence-corrected chi connectivity index (χ2v) is 4.72. The molecular weight excluding hydrogens is 263 g/mol. The summed E-state index contributed by atoms with van der Waals surface area (Å²) in [6.07, 6.45) is 3.21. The first kappa shape index (κ1) is 14.6. The summed E-state index contributed by atoms with van der Waals surface area (Å²) in [6, 6.07) is -0.496. The first-order valence-corrected chi connectivity index (χ1v) is 6.83. The van der Waals surface area contributed by atoms with Crippen molar-refractivity contribution in [1.82, 2.24) is 14.9 Å². The van der Waals surface area contributed by atoms with Gasteiger partial charge < -0.3 is 15.3 Å². The van der Waals surface area contributed by atoms with Crippen LogP contribution in [-0.4, -0.2) is 51.6 Å². The molecule has 2 N–H and O–H groups in total. The lowest BCUT2D eigenvalue weighted by molar-refractivity contribution is -0.134. The highest BCUT2D eigenvalue weighted by Gasteiger charge is 2.29. The van der Waals surface area contributed by atoms with Crippen LogP contribution in [0.2, 0.25) is 0 Å². The highest BCUT2D eigenvalue weighted by atomic mass is 19.1. The van der Waals surface area contributed by atoms with Gasteiger partial charge in [-0.15, -0.1) is 0 Å². The van der Waals surface area contributed by atoms with Gasteiger partial charge in [-0.2, -0.15) is 0 Å². The topological polar surface area (TPSA) is 78.3 Å². The Balaban J connectivity index is 2.11. The Bertz CT molecular complexity index is 481. The molecule has 1 saturated heterocycles. The monoisotopic (exact) mass is 282 g/mol. The molecule has 110 valence electrons. The molecule has 7 heteroatoms. The number of β-amino-alcohol motifs (C(OH)–C–C–N with tert-alkyl or cyclic N) is 1. The Morgan fingerprint density at radius 3 is 3.05 bits per heavy atom. The standard InChI is InChI=1S/C13H19FN4O2/c1-2-9-11(14)12(16-8-15-9)17-10-4-3-5-18(6-7-19)13(10)20/h8,10,19H,2-7H2,1H3,(H,15,16,17). The van der Waals surface area contributed by atoms with E-state index in [2.05, 4.69) is 15.3 Å². The molecule has 1 aromatic heterocycles. The van der Waals surface area contributed by atoms with Crippen molar-refractivity contribution in [3.8, 4) is 0 Å². The molecule has 0 spiro atoms. The molecule has 1 amide bonds. The summed E-state index contributed by atoms with van der Waals surface area (Å²) in [5.41, 5.74) is 0.331. The zero-order valence-corrected chi connectivity index (χ0v) is 11.5. The lowest BCUT2D eigenvalue weighted by Gasteiger charge is -2.32. The van der Waals surface area contributed by atoms with Gasteiger partial charge in [0.1, 0.15) is 12.4 Å². The maximum absolute atomic E-state index is 14.0. The van der Waals surface area contributed by atoms with Gasteiger partial charge in [-0.1, -0.05) is 6.92 Å². The summed E-state index contributed by atoms with van der Waals surface area (Å²) in [7, 11) is 0. The Morgan fingerprint density at radius 1 is 1.55 bits per heavy atom. The van der Waals surface area contributed by atoms with Crippen LogP contribution in [0.25, 0.3) is 0 Å². The number of hydrogen-bond acceptors (Lipinski definition) is 5. The van der Waals surface area contributed by atoms with Crippen LogP contribution in [0, 0.1) is 5.82 Å². The molecule has 1 aliphatic rings. The fourth-order valence-electron chi connectivity index (χ4n) is 2.34. The molecule has 0 aromatic carbocycles. The molecule has 1 unspecified atom stereocenters. The molecule has 2 heterocycles. The molecule has 0 saturated carbocycles. The zero-order valence-electron chi connectivity index (χ0n) is 11.5. The number of anilines is 1. The summed E-state index contributed by atoms with van der Waals surface area (Å²) in [5, 5.41) is 11.8. The molecular formula is C13H19FN4O2. The number of hydrogen-bond donors (Lipinski definition) is 2. The predicted octanol–water partition coefficient (Wildman–Crippen LogP) is 0.573. The number of aryl methyl sites for hydroxylation is 1. The second kappa shape index (κ2) is 6.60. The van der Waals surface area contributed by atoms with Crippen molar-refractivity contribution in [2.24, 2.45) is 0 Å². The lowest BCUT2D eigenvalue weighted by atomic mass is 10.0. The molecule has 1 aromatic rings. The number of halogens is 1. The number of aliphatic hydroxyl groups excluding tert-OH is 1. The fourth-order valence-corrected chi connectivity index (χ4v) is 2.34. The number of nitrogens with zero attached hydrogens (tertiary/aromatic N) is 3. The summed E-state index contributed by atoms with van der Waals surface area (Å²) in [6.45, 7) is 2.68. The Hall–Kier alpha value is -1.76.